The maximum absolute atomic E-state index is 12.1. The molecule has 148 valence electrons. The standard InChI is InChI=1S/C23H32O4/c1-20-9-7-16(24)14-15(20)5-6-18-17(20)8-10-21(2)22(18,25)11-12-23(21,26)19-4-3-13-27-19/h3-5,13,16-18,24-26H,6-12,14H2,1-2H3/t16-,17-,18+,20-,21-,22-,23-/m0/s1. The Kier molecular flexibility index (Phi) is 3.65. The molecule has 3 fully saturated rings. The fourth-order valence-corrected chi connectivity index (χ4v) is 7.53. The molecule has 4 nitrogen and oxygen atoms in total. The Labute approximate surface area is 161 Å². The van der Waals surface area contributed by atoms with E-state index >= 15 is 0 Å². The van der Waals surface area contributed by atoms with E-state index in [4.69, 9.17) is 4.42 Å². The number of allylic oxidation sites excluding steroid dienone is 1. The molecule has 1 aromatic heterocycles. The molecule has 4 aliphatic carbocycles. The van der Waals surface area contributed by atoms with Crippen molar-refractivity contribution in [2.24, 2.45) is 22.7 Å². The SMILES string of the molecule is C[C@]12CC[C@H]3[C@@H](CC=C4C[C@@H](O)CC[C@@]43C)[C@@]1(O)CC[C@]2(O)c1ccco1. The zero-order valence-electron chi connectivity index (χ0n) is 16.4. The van der Waals surface area contributed by atoms with E-state index in [-0.39, 0.29) is 17.4 Å². The number of fused-ring (bicyclic) bond motifs is 5. The fourth-order valence-electron chi connectivity index (χ4n) is 7.53. The predicted octanol–water partition coefficient (Wildman–Crippen LogP) is 3.91. The second-order valence-corrected chi connectivity index (χ2v) is 10.1. The van der Waals surface area contributed by atoms with Crippen LogP contribution in [0.15, 0.2) is 34.5 Å². The van der Waals surface area contributed by atoms with Crippen LogP contribution in [-0.4, -0.2) is 27.0 Å². The molecule has 0 bridgehead atoms. The van der Waals surface area contributed by atoms with Gasteiger partial charge in [0, 0.05) is 5.41 Å². The zero-order valence-corrected chi connectivity index (χ0v) is 16.4. The summed E-state index contributed by atoms with van der Waals surface area (Å²) in [4.78, 5) is 0. The van der Waals surface area contributed by atoms with Crippen molar-refractivity contribution < 1.29 is 19.7 Å². The molecule has 4 aliphatic rings. The molecule has 0 saturated heterocycles. The van der Waals surface area contributed by atoms with Gasteiger partial charge >= 0.3 is 0 Å². The molecule has 7 atom stereocenters. The molecule has 0 amide bonds. The highest BCUT2D eigenvalue weighted by molar-refractivity contribution is 5.31. The van der Waals surface area contributed by atoms with Crippen molar-refractivity contribution in [2.45, 2.75) is 82.5 Å². The molecule has 1 aromatic rings. The minimum atomic E-state index is -1.11. The molecule has 0 unspecified atom stereocenters. The van der Waals surface area contributed by atoms with Gasteiger partial charge in [-0.1, -0.05) is 25.5 Å². The predicted molar refractivity (Wildman–Crippen MR) is 102 cm³/mol. The molecule has 0 aliphatic heterocycles. The van der Waals surface area contributed by atoms with Crippen molar-refractivity contribution in [1.29, 1.82) is 0 Å². The first kappa shape index (κ1) is 18.0. The van der Waals surface area contributed by atoms with Gasteiger partial charge in [-0.15, -0.1) is 0 Å². The number of aliphatic hydroxyl groups excluding tert-OH is 1. The summed E-state index contributed by atoms with van der Waals surface area (Å²) in [5, 5.41) is 33.9. The van der Waals surface area contributed by atoms with Gasteiger partial charge in [-0.2, -0.15) is 0 Å². The maximum Gasteiger partial charge on any atom is 0.136 e. The van der Waals surface area contributed by atoms with Crippen LogP contribution in [-0.2, 0) is 5.60 Å². The summed E-state index contributed by atoms with van der Waals surface area (Å²) in [7, 11) is 0. The number of aliphatic hydroxyl groups is 3. The van der Waals surface area contributed by atoms with Gasteiger partial charge < -0.3 is 19.7 Å². The summed E-state index contributed by atoms with van der Waals surface area (Å²) in [5.41, 5.74) is -1.13. The molecule has 0 spiro atoms. The maximum atomic E-state index is 12.1. The second-order valence-electron chi connectivity index (χ2n) is 10.1. The van der Waals surface area contributed by atoms with Crippen molar-refractivity contribution in [3.8, 4) is 0 Å². The highest BCUT2D eigenvalue weighted by Gasteiger charge is 2.72. The van der Waals surface area contributed by atoms with Crippen LogP contribution in [0, 0.1) is 22.7 Å². The van der Waals surface area contributed by atoms with E-state index < -0.39 is 16.6 Å². The van der Waals surface area contributed by atoms with Crippen LogP contribution >= 0.6 is 0 Å². The summed E-state index contributed by atoms with van der Waals surface area (Å²) in [5.74, 6) is 1.17. The zero-order chi connectivity index (χ0) is 19.1. The van der Waals surface area contributed by atoms with Crippen LogP contribution in [0.2, 0.25) is 0 Å². The molecule has 0 aromatic carbocycles. The lowest BCUT2D eigenvalue weighted by atomic mass is 9.45. The smallest absolute Gasteiger partial charge is 0.136 e. The normalized spacial score (nSPS) is 51.9. The van der Waals surface area contributed by atoms with E-state index in [1.807, 2.05) is 12.1 Å². The Morgan fingerprint density at radius 2 is 1.85 bits per heavy atom. The van der Waals surface area contributed by atoms with Gasteiger partial charge in [-0.05, 0) is 80.8 Å². The Morgan fingerprint density at radius 3 is 2.59 bits per heavy atom. The lowest BCUT2D eigenvalue weighted by molar-refractivity contribution is -0.222. The van der Waals surface area contributed by atoms with Crippen LogP contribution in [0.3, 0.4) is 0 Å². The van der Waals surface area contributed by atoms with Crippen LogP contribution in [0.1, 0.15) is 71.0 Å². The Morgan fingerprint density at radius 1 is 1.04 bits per heavy atom. The van der Waals surface area contributed by atoms with Crippen molar-refractivity contribution in [3.63, 3.8) is 0 Å². The summed E-state index contributed by atoms with van der Waals surface area (Å²) in [6.07, 6.45) is 10.2. The number of rotatable bonds is 1. The van der Waals surface area contributed by atoms with E-state index in [0.29, 0.717) is 24.5 Å². The van der Waals surface area contributed by atoms with Crippen molar-refractivity contribution in [1.82, 2.24) is 0 Å². The summed E-state index contributed by atoms with van der Waals surface area (Å²) >= 11 is 0. The van der Waals surface area contributed by atoms with Gasteiger partial charge in [0.05, 0.1) is 18.0 Å². The summed E-state index contributed by atoms with van der Waals surface area (Å²) < 4.78 is 5.63. The van der Waals surface area contributed by atoms with Gasteiger partial charge in [0.15, 0.2) is 0 Å². The average Bonchev–Trinajstić information content (AvgIpc) is 3.24. The summed E-state index contributed by atoms with van der Waals surface area (Å²) in [6.45, 7) is 4.42. The van der Waals surface area contributed by atoms with E-state index in [1.54, 1.807) is 6.26 Å². The monoisotopic (exact) mass is 372 g/mol. The number of furan rings is 1. The van der Waals surface area contributed by atoms with Gasteiger partial charge in [0.25, 0.3) is 0 Å². The van der Waals surface area contributed by atoms with Crippen molar-refractivity contribution in [3.05, 3.63) is 35.8 Å². The third-order valence-electron chi connectivity index (χ3n) is 9.34. The van der Waals surface area contributed by atoms with Gasteiger partial charge in [-0.25, -0.2) is 0 Å². The molecule has 3 N–H and O–H groups in total. The fraction of sp³-hybridized carbons (Fsp3) is 0.739. The van der Waals surface area contributed by atoms with E-state index in [2.05, 4.69) is 19.9 Å². The first-order valence-electron chi connectivity index (χ1n) is 10.6. The Balaban J connectivity index is 1.56. The van der Waals surface area contributed by atoms with E-state index in [1.165, 1.54) is 5.57 Å². The van der Waals surface area contributed by atoms with Crippen molar-refractivity contribution >= 4 is 0 Å². The van der Waals surface area contributed by atoms with Crippen LogP contribution in [0.25, 0.3) is 0 Å². The highest BCUT2D eigenvalue weighted by Crippen LogP contribution is 2.70. The Hall–Kier alpha value is -1.10. The van der Waals surface area contributed by atoms with Gasteiger partial charge in [0.1, 0.15) is 11.4 Å². The van der Waals surface area contributed by atoms with E-state index in [0.717, 1.165) is 38.5 Å². The minimum Gasteiger partial charge on any atom is -0.466 e. The lowest BCUT2D eigenvalue weighted by Gasteiger charge is -2.61. The average molecular weight is 373 g/mol. The molecule has 3 saturated carbocycles. The second kappa shape index (κ2) is 5.49. The third kappa shape index (κ3) is 2.05. The summed E-state index contributed by atoms with van der Waals surface area (Å²) in [6, 6.07) is 3.68. The molecule has 5 rings (SSSR count). The first-order chi connectivity index (χ1) is 12.7. The molecule has 0 radical (unpaired) electrons. The van der Waals surface area contributed by atoms with Gasteiger partial charge in [0.2, 0.25) is 0 Å². The van der Waals surface area contributed by atoms with Gasteiger partial charge in [-0.3, -0.25) is 0 Å². The molecule has 1 heterocycles. The largest absolute Gasteiger partial charge is 0.466 e. The highest BCUT2D eigenvalue weighted by atomic mass is 16.4. The number of hydrogen-bond acceptors (Lipinski definition) is 4. The lowest BCUT2D eigenvalue weighted by Crippen LogP contribution is -2.63. The third-order valence-corrected chi connectivity index (χ3v) is 9.34. The topological polar surface area (TPSA) is 73.8 Å². The molecule has 4 heteroatoms. The van der Waals surface area contributed by atoms with Crippen molar-refractivity contribution in [2.75, 3.05) is 0 Å². The van der Waals surface area contributed by atoms with Crippen LogP contribution in [0.5, 0.6) is 0 Å². The van der Waals surface area contributed by atoms with Crippen LogP contribution in [0.4, 0.5) is 0 Å². The quantitative estimate of drug-likeness (QED) is 0.654. The number of hydrogen-bond donors (Lipinski definition) is 3. The van der Waals surface area contributed by atoms with Crippen LogP contribution < -0.4 is 0 Å². The first-order valence-corrected chi connectivity index (χ1v) is 10.6. The minimum absolute atomic E-state index is 0.0740. The Bertz CT molecular complexity index is 769. The molecule has 27 heavy (non-hydrogen) atoms. The molecular formula is C23H32O4. The van der Waals surface area contributed by atoms with E-state index in [9.17, 15) is 15.3 Å². The molecular weight excluding hydrogens is 340 g/mol.